The molecule has 0 saturated heterocycles. The molecular formula is C16H28N4S. The summed E-state index contributed by atoms with van der Waals surface area (Å²) >= 11 is 1.85. The van der Waals surface area contributed by atoms with Gasteiger partial charge in [0.05, 0.1) is 0 Å². The minimum atomic E-state index is 0.215. The van der Waals surface area contributed by atoms with Crippen molar-refractivity contribution in [2.24, 2.45) is 4.99 Å². The first-order valence-electron chi connectivity index (χ1n) is 7.36. The van der Waals surface area contributed by atoms with Crippen LogP contribution in [0.2, 0.25) is 0 Å². The molecule has 0 aliphatic rings. The van der Waals surface area contributed by atoms with E-state index in [1.54, 1.807) is 0 Å². The Morgan fingerprint density at radius 3 is 2.48 bits per heavy atom. The minimum Gasteiger partial charge on any atom is -0.385 e. The van der Waals surface area contributed by atoms with Crippen LogP contribution in [0.3, 0.4) is 0 Å². The molecule has 0 radical (unpaired) electrons. The van der Waals surface area contributed by atoms with Crippen LogP contribution in [-0.4, -0.2) is 43.6 Å². The van der Waals surface area contributed by atoms with Crippen molar-refractivity contribution < 1.29 is 0 Å². The molecule has 0 spiro atoms. The molecule has 1 aromatic rings. The molecule has 0 amide bonds. The van der Waals surface area contributed by atoms with Crippen LogP contribution in [0.15, 0.2) is 35.3 Å². The molecule has 0 unspecified atom stereocenters. The number of guanidine groups is 1. The van der Waals surface area contributed by atoms with Gasteiger partial charge in [0, 0.05) is 37.1 Å². The van der Waals surface area contributed by atoms with Crippen LogP contribution in [0.1, 0.15) is 20.3 Å². The van der Waals surface area contributed by atoms with Gasteiger partial charge in [0.2, 0.25) is 0 Å². The first kappa shape index (κ1) is 17.7. The molecule has 0 atom stereocenters. The summed E-state index contributed by atoms with van der Waals surface area (Å²) in [5.74, 6) is 0.872. The van der Waals surface area contributed by atoms with Crippen molar-refractivity contribution in [3.8, 4) is 0 Å². The maximum absolute atomic E-state index is 4.25. The molecule has 0 aliphatic heterocycles. The fourth-order valence-electron chi connectivity index (χ4n) is 1.67. The fourth-order valence-corrected chi connectivity index (χ4v) is 1.89. The van der Waals surface area contributed by atoms with E-state index in [1.807, 2.05) is 37.0 Å². The van der Waals surface area contributed by atoms with Crippen LogP contribution in [0.5, 0.6) is 0 Å². The van der Waals surface area contributed by atoms with Gasteiger partial charge in [-0.1, -0.05) is 18.2 Å². The number of anilines is 1. The van der Waals surface area contributed by atoms with Crippen molar-refractivity contribution >= 4 is 23.4 Å². The smallest absolute Gasteiger partial charge is 0.191 e. The average Bonchev–Trinajstić information content (AvgIpc) is 2.51. The number of rotatable bonds is 8. The lowest BCUT2D eigenvalue weighted by Gasteiger charge is -2.23. The van der Waals surface area contributed by atoms with Gasteiger partial charge in [0.25, 0.3) is 0 Å². The van der Waals surface area contributed by atoms with Gasteiger partial charge in [0.15, 0.2) is 5.96 Å². The van der Waals surface area contributed by atoms with E-state index in [1.165, 1.54) is 5.69 Å². The van der Waals surface area contributed by atoms with Gasteiger partial charge in [0.1, 0.15) is 0 Å². The van der Waals surface area contributed by atoms with Crippen LogP contribution < -0.4 is 16.0 Å². The molecule has 0 aromatic heterocycles. The maximum Gasteiger partial charge on any atom is 0.191 e. The molecule has 5 heteroatoms. The summed E-state index contributed by atoms with van der Waals surface area (Å²) in [6, 6.07) is 10.3. The highest BCUT2D eigenvalue weighted by Gasteiger charge is 2.15. The average molecular weight is 308 g/mol. The third-order valence-corrected chi connectivity index (χ3v) is 4.46. The van der Waals surface area contributed by atoms with Crippen LogP contribution in [0.4, 0.5) is 5.69 Å². The largest absolute Gasteiger partial charge is 0.385 e. The van der Waals surface area contributed by atoms with Crippen molar-refractivity contribution in [3.05, 3.63) is 30.3 Å². The molecule has 21 heavy (non-hydrogen) atoms. The van der Waals surface area contributed by atoms with Crippen LogP contribution in [-0.2, 0) is 0 Å². The van der Waals surface area contributed by atoms with Crippen molar-refractivity contribution in [1.29, 1.82) is 0 Å². The van der Waals surface area contributed by atoms with Gasteiger partial charge in [-0.15, -0.1) is 0 Å². The lowest BCUT2D eigenvalue weighted by Crippen LogP contribution is -2.43. The molecule has 0 bridgehead atoms. The first-order valence-corrected chi connectivity index (χ1v) is 8.58. The van der Waals surface area contributed by atoms with Crippen molar-refractivity contribution in [2.75, 3.05) is 38.3 Å². The lowest BCUT2D eigenvalue weighted by molar-refractivity contribution is 0.661. The second kappa shape index (κ2) is 9.55. The predicted octanol–water partition coefficient (Wildman–Crippen LogP) is 2.80. The number of hydrogen-bond donors (Lipinski definition) is 3. The van der Waals surface area contributed by atoms with Gasteiger partial charge in [-0.05, 0) is 38.7 Å². The molecular weight excluding hydrogens is 280 g/mol. The second-order valence-corrected chi connectivity index (χ2v) is 6.98. The molecule has 0 heterocycles. The van der Waals surface area contributed by atoms with E-state index in [-0.39, 0.29) is 4.75 Å². The Hall–Kier alpha value is -1.36. The van der Waals surface area contributed by atoms with Crippen molar-refractivity contribution in [3.63, 3.8) is 0 Å². The number of thioether (sulfide) groups is 1. The highest BCUT2D eigenvalue weighted by molar-refractivity contribution is 7.99. The fraction of sp³-hybridized carbons (Fsp3) is 0.562. The monoisotopic (exact) mass is 308 g/mol. The Morgan fingerprint density at radius 1 is 1.14 bits per heavy atom. The molecule has 1 rings (SSSR count). The summed E-state index contributed by atoms with van der Waals surface area (Å²) in [6.07, 6.45) is 3.18. The zero-order valence-electron chi connectivity index (χ0n) is 13.6. The number of para-hydroxylation sites is 1. The van der Waals surface area contributed by atoms with E-state index in [9.17, 15) is 0 Å². The number of hydrogen-bond acceptors (Lipinski definition) is 3. The zero-order valence-corrected chi connectivity index (χ0v) is 14.4. The summed E-state index contributed by atoms with van der Waals surface area (Å²) in [6.45, 7) is 7.20. The molecule has 118 valence electrons. The van der Waals surface area contributed by atoms with E-state index >= 15 is 0 Å². The van der Waals surface area contributed by atoms with Gasteiger partial charge < -0.3 is 16.0 Å². The Bertz CT molecular complexity index is 418. The maximum atomic E-state index is 4.25. The molecule has 0 saturated carbocycles. The SMILES string of the molecule is CN=C(NCCCNc1ccccc1)NCC(C)(C)SC. The third kappa shape index (κ3) is 7.85. The number of nitrogens with zero attached hydrogens (tertiary/aromatic N) is 1. The van der Waals surface area contributed by atoms with E-state index in [4.69, 9.17) is 0 Å². The van der Waals surface area contributed by atoms with Gasteiger partial charge in [-0.25, -0.2) is 0 Å². The Kier molecular flexibility index (Phi) is 8.05. The molecule has 0 aliphatic carbocycles. The van der Waals surface area contributed by atoms with E-state index < -0.39 is 0 Å². The van der Waals surface area contributed by atoms with Gasteiger partial charge >= 0.3 is 0 Å². The summed E-state index contributed by atoms with van der Waals surface area (Å²) in [5.41, 5.74) is 1.17. The normalized spacial score (nSPS) is 12.1. The van der Waals surface area contributed by atoms with Gasteiger partial charge in [-0.2, -0.15) is 11.8 Å². The van der Waals surface area contributed by atoms with E-state index in [0.29, 0.717) is 0 Å². The summed E-state index contributed by atoms with van der Waals surface area (Å²) < 4.78 is 0.215. The summed E-state index contributed by atoms with van der Waals surface area (Å²) in [5, 5.41) is 10.1. The highest BCUT2D eigenvalue weighted by atomic mass is 32.2. The van der Waals surface area contributed by atoms with Crippen molar-refractivity contribution in [2.45, 2.75) is 25.0 Å². The van der Waals surface area contributed by atoms with E-state index in [0.717, 1.165) is 32.0 Å². The minimum absolute atomic E-state index is 0.215. The van der Waals surface area contributed by atoms with Crippen LogP contribution in [0.25, 0.3) is 0 Å². The standard InChI is InChI=1S/C16H28N4S/c1-16(2,21-4)13-20-15(17-3)19-12-8-11-18-14-9-6-5-7-10-14/h5-7,9-10,18H,8,11-13H2,1-4H3,(H2,17,19,20). The molecule has 1 aromatic carbocycles. The Morgan fingerprint density at radius 2 is 1.86 bits per heavy atom. The third-order valence-electron chi connectivity index (χ3n) is 3.21. The topological polar surface area (TPSA) is 48.5 Å². The highest BCUT2D eigenvalue weighted by Crippen LogP contribution is 2.19. The Labute approximate surface area is 133 Å². The molecule has 4 nitrogen and oxygen atoms in total. The first-order chi connectivity index (χ1) is 10.1. The van der Waals surface area contributed by atoms with Crippen LogP contribution >= 0.6 is 11.8 Å². The molecule has 3 N–H and O–H groups in total. The quantitative estimate of drug-likeness (QED) is 0.393. The summed E-state index contributed by atoms with van der Waals surface area (Å²) in [4.78, 5) is 4.25. The number of aliphatic imine (C=N–C) groups is 1. The second-order valence-electron chi connectivity index (χ2n) is 5.46. The lowest BCUT2D eigenvalue weighted by atomic mass is 10.2. The predicted molar refractivity (Wildman–Crippen MR) is 96.5 cm³/mol. The van der Waals surface area contributed by atoms with Crippen molar-refractivity contribution in [1.82, 2.24) is 10.6 Å². The zero-order chi connectivity index (χ0) is 15.6. The Balaban J connectivity index is 2.15. The van der Waals surface area contributed by atoms with E-state index in [2.05, 4.69) is 53.2 Å². The van der Waals surface area contributed by atoms with Gasteiger partial charge in [-0.3, -0.25) is 4.99 Å². The molecule has 0 fully saturated rings. The van der Waals surface area contributed by atoms with Crippen LogP contribution in [0, 0.1) is 0 Å². The number of benzene rings is 1. The number of nitrogens with one attached hydrogen (secondary N) is 3. The summed E-state index contributed by atoms with van der Waals surface area (Å²) in [7, 11) is 1.81.